The summed E-state index contributed by atoms with van der Waals surface area (Å²) in [5.74, 6) is -0.685. The highest BCUT2D eigenvalue weighted by Crippen LogP contribution is 2.63. The molecular formula is C10H12N2O2. The van der Waals surface area contributed by atoms with Gasteiger partial charge < -0.3 is 0 Å². The Hall–Kier alpha value is -1.37. The zero-order valence-electron chi connectivity index (χ0n) is 8.44. The van der Waals surface area contributed by atoms with Crippen molar-refractivity contribution in [2.24, 2.45) is 17.3 Å². The summed E-state index contributed by atoms with van der Waals surface area (Å²) in [5, 5.41) is 8.67. The smallest absolute Gasteiger partial charge is 0.234 e. The lowest BCUT2D eigenvalue weighted by atomic mass is 10.0. The fourth-order valence-electron chi connectivity index (χ4n) is 2.41. The van der Waals surface area contributed by atoms with E-state index in [9.17, 15) is 9.59 Å². The van der Waals surface area contributed by atoms with Gasteiger partial charge in [0.25, 0.3) is 0 Å². The lowest BCUT2D eigenvalue weighted by Gasteiger charge is -2.21. The highest BCUT2D eigenvalue weighted by Gasteiger charge is 2.72. The van der Waals surface area contributed by atoms with Gasteiger partial charge >= 0.3 is 0 Å². The van der Waals surface area contributed by atoms with Crippen molar-refractivity contribution in [2.75, 3.05) is 0 Å². The number of imide groups is 1. The molecule has 4 nitrogen and oxygen atoms in total. The van der Waals surface area contributed by atoms with E-state index >= 15 is 0 Å². The van der Waals surface area contributed by atoms with Crippen LogP contribution in [0.5, 0.6) is 0 Å². The topological polar surface area (TPSA) is 61.2 Å². The minimum Gasteiger partial charge on any atom is -0.274 e. The Kier molecular flexibility index (Phi) is 1.55. The Morgan fingerprint density at radius 3 is 2.14 bits per heavy atom. The highest BCUT2D eigenvalue weighted by molar-refractivity contribution is 6.10. The first-order valence-corrected chi connectivity index (χ1v) is 4.69. The van der Waals surface area contributed by atoms with Gasteiger partial charge in [-0.3, -0.25) is 14.5 Å². The molecule has 1 aliphatic carbocycles. The third-order valence-electron chi connectivity index (χ3n) is 3.41. The van der Waals surface area contributed by atoms with Crippen molar-refractivity contribution in [2.45, 2.75) is 26.8 Å². The Bertz CT molecular complexity index is 343. The molecule has 0 bridgehead atoms. The van der Waals surface area contributed by atoms with Crippen molar-refractivity contribution < 1.29 is 9.59 Å². The molecule has 1 heterocycles. The SMILES string of the molecule is CC(C#N)N1C(=O)C2C(C1=O)C2(C)C. The van der Waals surface area contributed by atoms with Crippen LogP contribution >= 0.6 is 0 Å². The molecule has 0 radical (unpaired) electrons. The number of carbonyl (C=O) groups is 2. The molecule has 2 aliphatic rings. The standard InChI is InChI=1S/C10H12N2O2/c1-5(4-11)12-8(13)6-7(9(12)14)10(6,2)3/h5-7H,1-3H3. The predicted molar refractivity (Wildman–Crippen MR) is 47.7 cm³/mol. The second kappa shape index (κ2) is 2.35. The Labute approximate surface area is 82.5 Å². The zero-order valence-corrected chi connectivity index (χ0v) is 8.44. The summed E-state index contributed by atoms with van der Waals surface area (Å²) in [6.45, 7) is 5.42. The molecule has 74 valence electrons. The van der Waals surface area contributed by atoms with E-state index < -0.39 is 6.04 Å². The van der Waals surface area contributed by atoms with E-state index in [1.165, 1.54) is 0 Å². The second-order valence-electron chi connectivity index (χ2n) is 4.63. The minimum absolute atomic E-state index is 0.168. The van der Waals surface area contributed by atoms with Gasteiger partial charge in [-0.1, -0.05) is 13.8 Å². The number of nitrogens with zero attached hydrogens (tertiary/aromatic N) is 2. The van der Waals surface area contributed by atoms with Gasteiger partial charge in [-0.25, -0.2) is 0 Å². The second-order valence-corrected chi connectivity index (χ2v) is 4.63. The summed E-state index contributed by atoms with van der Waals surface area (Å²) in [7, 11) is 0. The van der Waals surface area contributed by atoms with Gasteiger partial charge in [0, 0.05) is 0 Å². The Balaban J connectivity index is 2.27. The maximum Gasteiger partial charge on any atom is 0.234 e. The number of amides is 2. The molecule has 0 aromatic heterocycles. The number of carbonyl (C=O) groups excluding carboxylic acids is 2. The van der Waals surface area contributed by atoms with Gasteiger partial charge in [-0.2, -0.15) is 5.26 Å². The summed E-state index contributed by atoms with van der Waals surface area (Å²) in [5.41, 5.74) is -0.181. The van der Waals surface area contributed by atoms with Crippen LogP contribution in [0.2, 0.25) is 0 Å². The summed E-state index contributed by atoms with van der Waals surface area (Å²) >= 11 is 0. The van der Waals surface area contributed by atoms with Crippen LogP contribution in [-0.2, 0) is 9.59 Å². The van der Waals surface area contributed by atoms with Crippen molar-refractivity contribution in [3.8, 4) is 6.07 Å². The van der Waals surface area contributed by atoms with Crippen LogP contribution in [0.3, 0.4) is 0 Å². The van der Waals surface area contributed by atoms with E-state index in [1.807, 2.05) is 19.9 Å². The first-order valence-electron chi connectivity index (χ1n) is 4.69. The molecule has 0 spiro atoms. The molecule has 3 atom stereocenters. The molecule has 1 aliphatic heterocycles. The van der Waals surface area contributed by atoms with E-state index in [0.717, 1.165) is 4.90 Å². The molecule has 0 aromatic rings. The van der Waals surface area contributed by atoms with Gasteiger partial charge in [-0.15, -0.1) is 0 Å². The van der Waals surface area contributed by atoms with Crippen LogP contribution in [-0.4, -0.2) is 22.8 Å². The number of nitriles is 1. The average molecular weight is 192 g/mol. The Morgan fingerprint density at radius 1 is 1.36 bits per heavy atom. The van der Waals surface area contributed by atoms with Gasteiger partial charge in [0.2, 0.25) is 11.8 Å². The summed E-state index contributed by atoms with van der Waals surface area (Å²) in [6, 6.07) is 1.29. The van der Waals surface area contributed by atoms with E-state index in [2.05, 4.69) is 0 Å². The molecule has 2 rings (SSSR count). The molecule has 3 unspecified atom stereocenters. The number of hydrogen-bond acceptors (Lipinski definition) is 3. The van der Waals surface area contributed by atoms with E-state index in [1.54, 1.807) is 6.92 Å². The summed E-state index contributed by atoms with van der Waals surface area (Å²) in [6.07, 6.45) is 0. The average Bonchev–Trinajstić information content (AvgIpc) is 2.55. The largest absolute Gasteiger partial charge is 0.274 e. The maximum atomic E-state index is 11.7. The monoisotopic (exact) mass is 192 g/mol. The van der Waals surface area contributed by atoms with Crippen molar-refractivity contribution in [3.05, 3.63) is 0 Å². The fourth-order valence-corrected chi connectivity index (χ4v) is 2.41. The molecule has 0 aromatic carbocycles. The molecule has 2 fully saturated rings. The van der Waals surface area contributed by atoms with Gasteiger partial charge in [0.05, 0.1) is 17.9 Å². The third kappa shape index (κ3) is 0.822. The highest BCUT2D eigenvalue weighted by atomic mass is 16.2. The normalized spacial score (nSPS) is 35.1. The summed E-state index contributed by atoms with van der Waals surface area (Å²) < 4.78 is 0. The maximum absolute atomic E-state index is 11.7. The molecule has 2 amide bonds. The Morgan fingerprint density at radius 2 is 1.79 bits per heavy atom. The van der Waals surface area contributed by atoms with Crippen LogP contribution in [0, 0.1) is 28.6 Å². The van der Waals surface area contributed by atoms with Crippen molar-refractivity contribution in [3.63, 3.8) is 0 Å². The lowest BCUT2D eigenvalue weighted by molar-refractivity contribution is -0.144. The van der Waals surface area contributed by atoms with Crippen molar-refractivity contribution in [1.82, 2.24) is 4.90 Å². The third-order valence-corrected chi connectivity index (χ3v) is 3.41. The molecule has 1 saturated heterocycles. The predicted octanol–water partition coefficient (Wildman–Crippen LogP) is 0.539. The number of likely N-dealkylation sites (tertiary alicyclic amines) is 1. The van der Waals surface area contributed by atoms with Crippen LogP contribution in [0.15, 0.2) is 0 Å². The molecule has 0 N–H and O–H groups in total. The van der Waals surface area contributed by atoms with Crippen molar-refractivity contribution >= 4 is 11.8 Å². The number of rotatable bonds is 1. The quantitative estimate of drug-likeness (QED) is 0.569. The lowest BCUT2D eigenvalue weighted by Crippen LogP contribution is -2.41. The van der Waals surface area contributed by atoms with Crippen LogP contribution in [0.4, 0.5) is 0 Å². The number of piperidine rings is 1. The van der Waals surface area contributed by atoms with E-state index in [4.69, 9.17) is 5.26 Å². The summed E-state index contributed by atoms with van der Waals surface area (Å²) in [4.78, 5) is 24.6. The molecule has 4 heteroatoms. The molecule has 14 heavy (non-hydrogen) atoms. The van der Waals surface area contributed by atoms with Crippen LogP contribution in [0.25, 0.3) is 0 Å². The van der Waals surface area contributed by atoms with Crippen LogP contribution < -0.4 is 0 Å². The number of fused-ring (bicyclic) bond motifs is 1. The fraction of sp³-hybridized carbons (Fsp3) is 0.700. The van der Waals surface area contributed by atoms with Gasteiger partial charge in [0.1, 0.15) is 6.04 Å². The van der Waals surface area contributed by atoms with Gasteiger partial charge in [-0.05, 0) is 12.3 Å². The van der Waals surface area contributed by atoms with E-state index in [0.29, 0.717) is 0 Å². The number of hydrogen-bond donors (Lipinski definition) is 0. The minimum atomic E-state index is -0.626. The first-order chi connectivity index (χ1) is 6.42. The van der Waals surface area contributed by atoms with Crippen molar-refractivity contribution in [1.29, 1.82) is 5.26 Å². The first kappa shape index (κ1) is 9.20. The van der Waals surface area contributed by atoms with Crippen LogP contribution in [0.1, 0.15) is 20.8 Å². The zero-order chi connectivity index (χ0) is 10.7. The van der Waals surface area contributed by atoms with Gasteiger partial charge in [0.15, 0.2) is 0 Å². The molecular weight excluding hydrogens is 180 g/mol. The molecule has 1 saturated carbocycles. The van der Waals surface area contributed by atoms with E-state index in [-0.39, 0.29) is 29.1 Å².